The maximum atomic E-state index is 6.69. The molecule has 0 bridgehead atoms. The van der Waals surface area contributed by atoms with Crippen molar-refractivity contribution in [3.8, 4) is 34.2 Å². The third-order valence-electron chi connectivity index (χ3n) is 8.93. The third kappa shape index (κ3) is 3.77. The third-order valence-corrected chi connectivity index (χ3v) is 11.5. The number of hydrogen-bond acceptors (Lipinski definition) is 4. The topological polar surface area (TPSA) is 51.8 Å². The maximum absolute atomic E-state index is 6.69. The van der Waals surface area contributed by atoms with Gasteiger partial charge in [-0.2, -0.15) is 0 Å². The zero-order valence-corrected chi connectivity index (χ0v) is 26.2. The number of furan rings is 1. The number of fused-ring (bicyclic) bond motifs is 11. The zero-order valence-electron chi connectivity index (χ0n) is 24.4. The van der Waals surface area contributed by atoms with Gasteiger partial charge in [0.05, 0.1) is 0 Å². The van der Waals surface area contributed by atoms with Gasteiger partial charge in [0.15, 0.2) is 0 Å². The van der Waals surface area contributed by atoms with Crippen LogP contribution in [0.2, 0.25) is 0 Å². The molecule has 3 aromatic heterocycles. The van der Waals surface area contributed by atoms with Gasteiger partial charge < -0.3 is 0 Å². The van der Waals surface area contributed by atoms with Crippen LogP contribution in [0.5, 0.6) is 0 Å². The molecule has 0 N–H and O–H groups in total. The monoisotopic (exact) mass is 653 g/mol. The predicted octanol–water partition coefficient (Wildman–Crippen LogP) is 10.4. The molecule has 0 amide bonds. The van der Waals surface area contributed by atoms with Gasteiger partial charge in [0, 0.05) is 0 Å². The fourth-order valence-electron chi connectivity index (χ4n) is 6.89. The van der Waals surface area contributed by atoms with Crippen LogP contribution < -0.4 is 0 Å². The molecule has 214 valence electrons. The van der Waals surface area contributed by atoms with E-state index in [1.165, 1.54) is 30.1 Å². The molecule has 7 aromatic carbocycles. The van der Waals surface area contributed by atoms with Gasteiger partial charge in [-0.25, -0.2) is 0 Å². The molecule has 0 unspecified atom stereocenters. The quantitative estimate of drug-likeness (QED) is 0.141. The van der Waals surface area contributed by atoms with Crippen molar-refractivity contribution in [3.05, 3.63) is 140 Å². The van der Waals surface area contributed by atoms with Crippen molar-refractivity contribution in [3.63, 3.8) is 0 Å². The first-order valence-electron chi connectivity index (χ1n) is 15.3. The summed E-state index contributed by atoms with van der Waals surface area (Å²) in [6.45, 7) is 0. The summed E-state index contributed by atoms with van der Waals surface area (Å²) >= 11 is 0.154. The normalized spacial score (nSPS) is 11.9. The summed E-state index contributed by atoms with van der Waals surface area (Å²) in [7, 11) is 0. The van der Waals surface area contributed by atoms with Crippen LogP contribution in [0.4, 0.5) is 0 Å². The van der Waals surface area contributed by atoms with Crippen LogP contribution in [0, 0.1) is 0 Å². The van der Waals surface area contributed by atoms with Crippen molar-refractivity contribution in [2.24, 2.45) is 0 Å². The van der Waals surface area contributed by atoms with Gasteiger partial charge in [-0.3, -0.25) is 0 Å². The molecule has 0 saturated carbocycles. The van der Waals surface area contributed by atoms with Gasteiger partial charge in [-0.05, 0) is 0 Å². The van der Waals surface area contributed by atoms with E-state index < -0.39 is 0 Å². The second-order valence-corrected chi connectivity index (χ2v) is 13.7. The van der Waals surface area contributed by atoms with Crippen LogP contribution in [-0.2, 0) is 0 Å². The molecule has 0 saturated heterocycles. The summed E-state index contributed by atoms with van der Waals surface area (Å²) in [5.74, 6) is 1.97. The number of nitrogens with zero attached hydrogens (tertiary/aromatic N) is 3. The molecule has 0 fully saturated rings. The number of rotatable bonds is 3. The molecule has 0 spiro atoms. The number of benzene rings is 7. The van der Waals surface area contributed by atoms with E-state index in [9.17, 15) is 0 Å². The minimum absolute atomic E-state index is 0.154. The molecular weight excluding hydrogens is 629 g/mol. The van der Waals surface area contributed by atoms with Crippen LogP contribution >= 0.6 is 0 Å². The van der Waals surface area contributed by atoms with Crippen molar-refractivity contribution < 1.29 is 4.42 Å². The molecule has 0 aliphatic heterocycles. The van der Waals surface area contributed by atoms with E-state index >= 15 is 0 Å². The average molecular weight is 653 g/mol. The molecule has 0 atom stereocenters. The van der Waals surface area contributed by atoms with E-state index in [0.29, 0.717) is 17.5 Å². The van der Waals surface area contributed by atoms with Crippen molar-refractivity contribution in [2.45, 2.75) is 0 Å². The second kappa shape index (κ2) is 9.95. The number of para-hydroxylation sites is 1. The Kier molecular flexibility index (Phi) is 5.56. The van der Waals surface area contributed by atoms with Crippen molar-refractivity contribution >= 4 is 77.3 Å². The SMILES string of the molecule is c1ccc(-c2nc(-c3cccc4c3[se]c3ccccc34)nc(-c3cccc4c5ccccc5c5c6ccccc6oc5c34)n2)cc1. The Balaban J connectivity index is 1.33. The van der Waals surface area contributed by atoms with E-state index in [1.807, 2.05) is 30.3 Å². The standard InChI is InChI=1S/C41H23N3OSe/c1-2-12-24(13-3-1)39-42-40(44-41(43-39)32-21-11-19-29-26-15-7-9-23-34(26)46-38(29)32)31-20-10-18-28-25-14-4-5-16-27(25)35-30-17-6-8-22-33(30)45-37(35)36(28)31/h1-23H. The van der Waals surface area contributed by atoms with Crippen LogP contribution in [0.1, 0.15) is 0 Å². The van der Waals surface area contributed by atoms with Crippen molar-refractivity contribution in [1.82, 2.24) is 15.0 Å². The Morgan fingerprint density at radius 1 is 0.413 bits per heavy atom. The molecular formula is C41H23N3OSe. The molecule has 4 nitrogen and oxygen atoms in total. The van der Waals surface area contributed by atoms with Gasteiger partial charge in [-0.1, -0.05) is 0 Å². The summed E-state index contributed by atoms with van der Waals surface area (Å²) < 4.78 is 9.40. The fraction of sp³-hybridized carbons (Fsp3) is 0. The molecule has 0 radical (unpaired) electrons. The Hall–Kier alpha value is -5.61. The molecule has 0 aliphatic carbocycles. The van der Waals surface area contributed by atoms with Gasteiger partial charge in [0.25, 0.3) is 0 Å². The van der Waals surface area contributed by atoms with E-state index in [1.54, 1.807) is 0 Å². The van der Waals surface area contributed by atoms with Gasteiger partial charge in [0.2, 0.25) is 0 Å². The Labute approximate surface area is 269 Å². The predicted molar refractivity (Wildman–Crippen MR) is 190 cm³/mol. The molecule has 10 rings (SSSR count). The minimum atomic E-state index is 0.154. The van der Waals surface area contributed by atoms with Crippen LogP contribution in [0.25, 0.3) is 96.9 Å². The molecule has 10 aromatic rings. The van der Waals surface area contributed by atoms with Crippen LogP contribution in [0.3, 0.4) is 0 Å². The van der Waals surface area contributed by atoms with E-state index in [-0.39, 0.29) is 14.5 Å². The Bertz CT molecular complexity index is 2820. The van der Waals surface area contributed by atoms with Gasteiger partial charge in [0.1, 0.15) is 0 Å². The Morgan fingerprint density at radius 2 is 1.00 bits per heavy atom. The van der Waals surface area contributed by atoms with E-state index in [0.717, 1.165) is 49.4 Å². The number of hydrogen-bond donors (Lipinski definition) is 0. The molecule has 5 heteroatoms. The molecule has 46 heavy (non-hydrogen) atoms. The van der Waals surface area contributed by atoms with Gasteiger partial charge >= 0.3 is 270 Å². The summed E-state index contributed by atoms with van der Waals surface area (Å²) in [6.07, 6.45) is 0. The first-order chi connectivity index (χ1) is 22.8. The molecule has 3 heterocycles. The fourth-order valence-corrected chi connectivity index (χ4v) is 9.43. The van der Waals surface area contributed by atoms with E-state index in [2.05, 4.69) is 109 Å². The van der Waals surface area contributed by atoms with E-state index in [4.69, 9.17) is 19.4 Å². The van der Waals surface area contributed by atoms with Gasteiger partial charge in [-0.15, -0.1) is 0 Å². The second-order valence-electron chi connectivity index (χ2n) is 11.5. The zero-order chi connectivity index (χ0) is 30.2. The summed E-state index contributed by atoms with van der Waals surface area (Å²) in [6, 6.07) is 48.7. The average Bonchev–Trinajstić information content (AvgIpc) is 3.71. The van der Waals surface area contributed by atoms with Crippen molar-refractivity contribution in [1.29, 1.82) is 0 Å². The first kappa shape index (κ1) is 25.7. The summed E-state index contributed by atoms with van der Waals surface area (Å²) in [4.78, 5) is 15.6. The number of aromatic nitrogens is 3. The molecule has 0 aliphatic rings. The Morgan fingerprint density at radius 3 is 1.85 bits per heavy atom. The summed E-state index contributed by atoms with van der Waals surface area (Å²) in [5.41, 5.74) is 4.66. The summed E-state index contributed by atoms with van der Waals surface area (Å²) in [5, 5.41) is 9.29. The first-order valence-corrected chi connectivity index (χ1v) is 17.0. The van der Waals surface area contributed by atoms with Crippen LogP contribution in [-0.4, -0.2) is 29.5 Å². The van der Waals surface area contributed by atoms with Crippen molar-refractivity contribution in [2.75, 3.05) is 0 Å². The van der Waals surface area contributed by atoms with Crippen LogP contribution in [0.15, 0.2) is 144 Å².